The molecule has 0 saturated carbocycles. The summed E-state index contributed by atoms with van der Waals surface area (Å²) < 4.78 is 0. The van der Waals surface area contributed by atoms with Crippen LogP contribution in [0.25, 0.3) is 0 Å². The minimum absolute atomic E-state index is 0.877. The number of nitrogens with zero attached hydrogens (tertiary/aromatic N) is 5. The summed E-state index contributed by atoms with van der Waals surface area (Å²) in [6, 6.07) is 10.7. The second-order valence-electron chi connectivity index (χ2n) is 7.19. The van der Waals surface area contributed by atoms with Crippen molar-refractivity contribution in [3.05, 3.63) is 53.0 Å². The van der Waals surface area contributed by atoms with Crippen LogP contribution < -0.4 is 4.90 Å². The van der Waals surface area contributed by atoms with Crippen molar-refractivity contribution in [1.82, 2.24) is 19.8 Å². The Morgan fingerprint density at radius 1 is 1.04 bits per heavy atom. The van der Waals surface area contributed by atoms with Crippen LogP contribution in [0.15, 0.2) is 30.3 Å². The van der Waals surface area contributed by atoms with E-state index in [-0.39, 0.29) is 0 Å². The molecule has 1 aliphatic rings. The highest BCUT2D eigenvalue weighted by molar-refractivity contribution is 5.49. The molecule has 2 aromatic rings. The Balaban J connectivity index is 1.79. The van der Waals surface area contributed by atoms with Gasteiger partial charge in [-0.1, -0.05) is 30.3 Å². The Kier molecular flexibility index (Phi) is 5.66. The van der Waals surface area contributed by atoms with Crippen LogP contribution in [0, 0.1) is 6.92 Å². The standard InChI is InChI=1S/C20H29N5/c1-16-21-19-10-11-25(14-17-8-6-5-7-9-17)15-18(19)20(22-16)24(4)13-12-23(2)3/h5-9H,10-15H2,1-4H3. The molecule has 0 atom stereocenters. The quantitative estimate of drug-likeness (QED) is 0.807. The highest BCUT2D eigenvalue weighted by Crippen LogP contribution is 2.27. The van der Waals surface area contributed by atoms with Crippen molar-refractivity contribution in [2.24, 2.45) is 0 Å². The molecule has 2 heterocycles. The normalized spacial score (nSPS) is 14.6. The van der Waals surface area contributed by atoms with Gasteiger partial charge in [0.15, 0.2) is 0 Å². The lowest BCUT2D eigenvalue weighted by molar-refractivity contribution is 0.243. The Morgan fingerprint density at radius 3 is 2.52 bits per heavy atom. The summed E-state index contributed by atoms with van der Waals surface area (Å²) in [6.07, 6.45) is 1.00. The number of aromatic nitrogens is 2. The molecule has 0 N–H and O–H groups in total. The Bertz CT molecular complexity index is 699. The lowest BCUT2D eigenvalue weighted by Crippen LogP contribution is -2.35. The van der Waals surface area contributed by atoms with Crippen LogP contribution in [-0.4, -0.2) is 60.5 Å². The fraction of sp³-hybridized carbons (Fsp3) is 0.500. The van der Waals surface area contributed by atoms with E-state index in [0.717, 1.165) is 50.8 Å². The molecule has 0 unspecified atom stereocenters. The predicted molar refractivity (Wildman–Crippen MR) is 103 cm³/mol. The molecule has 5 heteroatoms. The molecule has 1 aliphatic heterocycles. The van der Waals surface area contributed by atoms with Gasteiger partial charge in [0, 0.05) is 51.8 Å². The Hall–Kier alpha value is -1.98. The van der Waals surface area contributed by atoms with Crippen LogP contribution in [0.1, 0.15) is 22.6 Å². The molecule has 25 heavy (non-hydrogen) atoms. The third-order valence-electron chi connectivity index (χ3n) is 4.72. The highest BCUT2D eigenvalue weighted by Gasteiger charge is 2.23. The Labute approximate surface area is 151 Å². The number of anilines is 1. The zero-order valence-corrected chi connectivity index (χ0v) is 15.9. The molecule has 0 amide bonds. The van der Waals surface area contributed by atoms with Crippen LogP contribution in [-0.2, 0) is 19.5 Å². The van der Waals surface area contributed by atoms with Gasteiger partial charge in [0.2, 0.25) is 0 Å². The van der Waals surface area contributed by atoms with E-state index >= 15 is 0 Å². The molecule has 1 aromatic heterocycles. The first-order valence-electron chi connectivity index (χ1n) is 9.01. The average Bonchev–Trinajstić information content (AvgIpc) is 2.60. The largest absolute Gasteiger partial charge is 0.358 e. The topological polar surface area (TPSA) is 35.5 Å². The number of hydrogen-bond acceptors (Lipinski definition) is 5. The maximum Gasteiger partial charge on any atom is 0.136 e. The minimum Gasteiger partial charge on any atom is -0.358 e. The van der Waals surface area contributed by atoms with Gasteiger partial charge in [-0.25, -0.2) is 9.97 Å². The summed E-state index contributed by atoms with van der Waals surface area (Å²) in [7, 11) is 6.36. The van der Waals surface area contributed by atoms with E-state index in [9.17, 15) is 0 Å². The monoisotopic (exact) mass is 339 g/mol. The number of hydrogen-bond donors (Lipinski definition) is 0. The molecular formula is C20H29N5. The molecule has 3 rings (SSSR count). The molecule has 0 fully saturated rings. The highest BCUT2D eigenvalue weighted by atomic mass is 15.2. The van der Waals surface area contributed by atoms with Gasteiger partial charge in [0.1, 0.15) is 11.6 Å². The molecule has 0 spiro atoms. The van der Waals surface area contributed by atoms with E-state index in [1.807, 2.05) is 6.92 Å². The lowest BCUT2D eigenvalue weighted by atomic mass is 10.0. The molecule has 134 valence electrons. The second kappa shape index (κ2) is 7.93. The van der Waals surface area contributed by atoms with Crippen LogP contribution in [0.5, 0.6) is 0 Å². The maximum atomic E-state index is 4.78. The van der Waals surface area contributed by atoms with E-state index in [0.29, 0.717) is 0 Å². The molecule has 5 nitrogen and oxygen atoms in total. The van der Waals surface area contributed by atoms with Gasteiger partial charge in [-0.3, -0.25) is 4.90 Å². The van der Waals surface area contributed by atoms with E-state index in [1.54, 1.807) is 0 Å². The van der Waals surface area contributed by atoms with Gasteiger partial charge in [0.05, 0.1) is 5.69 Å². The SMILES string of the molecule is Cc1nc2c(c(N(C)CCN(C)C)n1)CN(Cc1ccccc1)CC2. The Morgan fingerprint density at radius 2 is 1.80 bits per heavy atom. The third kappa shape index (κ3) is 4.55. The first kappa shape index (κ1) is 17.8. The minimum atomic E-state index is 0.877. The fourth-order valence-corrected chi connectivity index (χ4v) is 3.32. The second-order valence-corrected chi connectivity index (χ2v) is 7.19. The fourth-order valence-electron chi connectivity index (χ4n) is 3.32. The number of fused-ring (bicyclic) bond motifs is 1. The van der Waals surface area contributed by atoms with Gasteiger partial charge >= 0.3 is 0 Å². The van der Waals surface area contributed by atoms with Crippen molar-refractivity contribution in [1.29, 1.82) is 0 Å². The summed E-state index contributed by atoms with van der Waals surface area (Å²) in [4.78, 5) is 16.5. The summed E-state index contributed by atoms with van der Waals surface area (Å²) in [6.45, 7) is 6.94. The van der Waals surface area contributed by atoms with Gasteiger partial charge in [-0.2, -0.15) is 0 Å². The van der Waals surface area contributed by atoms with E-state index in [4.69, 9.17) is 9.97 Å². The van der Waals surface area contributed by atoms with Crippen molar-refractivity contribution >= 4 is 5.82 Å². The number of benzene rings is 1. The summed E-state index contributed by atoms with van der Waals surface area (Å²) >= 11 is 0. The van der Waals surface area contributed by atoms with Crippen molar-refractivity contribution in [2.75, 3.05) is 45.7 Å². The van der Waals surface area contributed by atoms with Crippen molar-refractivity contribution in [3.63, 3.8) is 0 Å². The van der Waals surface area contributed by atoms with Gasteiger partial charge in [0.25, 0.3) is 0 Å². The summed E-state index contributed by atoms with van der Waals surface area (Å²) in [5, 5.41) is 0. The third-order valence-corrected chi connectivity index (χ3v) is 4.72. The van der Waals surface area contributed by atoms with Crippen molar-refractivity contribution < 1.29 is 0 Å². The van der Waals surface area contributed by atoms with Crippen molar-refractivity contribution in [2.45, 2.75) is 26.4 Å². The molecule has 0 saturated heterocycles. The van der Waals surface area contributed by atoms with E-state index in [1.165, 1.54) is 16.8 Å². The summed E-state index contributed by atoms with van der Waals surface area (Å²) in [5.74, 6) is 1.98. The van der Waals surface area contributed by atoms with Crippen LogP contribution in [0.2, 0.25) is 0 Å². The molecule has 0 radical (unpaired) electrons. The number of aryl methyl sites for hydroxylation is 1. The predicted octanol–water partition coefficient (Wildman–Crippen LogP) is 2.34. The first-order valence-corrected chi connectivity index (χ1v) is 9.01. The molecule has 0 aliphatic carbocycles. The van der Waals surface area contributed by atoms with Crippen molar-refractivity contribution in [3.8, 4) is 0 Å². The van der Waals surface area contributed by atoms with Gasteiger partial charge in [-0.05, 0) is 26.6 Å². The number of likely N-dealkylation sites (N-methyl/N-ethyl adjacent to an activating group) is 2. The van der Waals surface area contributed by atoms with Crippen LogP contribution in [0.4, 0.5) is 5.82 Å². The van der Waals surface area contributed by atoms with E-state index in [2.05, 4.69) is 66.2 Å². The molecule has 0 bridgehead atoms. The average molecular weight is 339 g/mol. The lowest BCUT2D eigenvalue weighted by Gasteiger charge is -2.32. The summed E-state index contributed by atoms with van der Waals surface area (Å²) in [5.41, 5.74) is 3.89. The van der Waals surface area contributed by atoms with Gasteiger partial charge < -0.3 is 9.80 Å². The first-order chi connectivity index (χ1) is 12.0. The van der Waals surface area contributed by atoms with Gasteiger partial charge in [-0.15, -0.1) is 0 Å². The number of rotatable bonds is 6. The van der Waals surface area contributed by atoms with Crippen LogP contribution in [0.3, 0.4) is 0 Å². The van der Waals surface area contributed by atoms with Crippen LogP contribution >= 0.6 is 0 Å². The van der Waals surface area contributed by atoms with E-state index < -0.39 is 0 Å². The maximum absolute atomic E-state index is 4.78. The zero-order valence-electron chi connectivity index (χ0n) is 15.9. The smallest absolute Gasteiger partial charge is 0.136 e. The zero-order chi connectivity index (χ0) is 17.8. The molecule has 1 aromatic carbocycles. The molecular weight excluding hydrogens is 310 g/mol.